The van der Waals surface area contributed by atoms with E-state index in [2.05, 4.69) is 21.4 Å². The van der Waals surface area contributed by atoms with Crippen molar-refractivity contribution in [3.63, 3.8) is 0 Å². The molecule has 0 bridgehead atoms. The van der Waals surface area contributed by atoms with Gasteiger partial charge in [0.2, 0.25) is 0 Å². The largest absolute Gasteiger partial charge is 0.366 e. The molecule has 2 aliphatic rings. The summed E-state index contributed by atoms with van der Waals surface area (Å²) in [5.74, 6) is 1.03. The maximum absolute atomic E-state index is 4.38. The third-order valence-electron chi connectivity index (χ3n) is 3.89. The molecule has 0 amide bonds. The van der Waals surface area contributed by atoms with Crippen LogP contribution in [0.25, 0.3) is 0 Å². The van der Waals surface area contributed by atoms with Gasteiger partial charge in [-0.2, -0.15) is 5.10 Å². The SMILES string of the molecule is Cn1ccc(NC2CCN3CCCC3C2)n1. The van der Waals surface area contributed by atoms with Crippen LogP contribution in [0.5, 0.6) is 0 Å². The Bertz CT molecular complexity index is 360. The number of fused-ring (bicyclic) bond motifs is 1. The topological polar surface area (TPSA) is 33.1 Å². The van der Waals surface area contributed by atoms with Crippen molar-refractivity contribution >= 4 is 5.82 Å². The molecule has 4 heteroatoms. The zero-order valence-electron chi connectivity index (χ0n) is 9.89. The van der Waals surface area contributed by atoms with E-state index in [1.54, 1.807) is 0 Å². The second-order valence-corrected chi connectivity index (χ2v) is 5.07. The van der Waals surface area contributed by atoms with Gasteiger partial charge in [0.15, 0.2) is 0 Å². The van der Waals surface area contributed by atoms with Gasteiger partial charge in [-0.05, 0) is 32.2 Å². The van der Waals surface area contributed by atoms with Gasteiger partial charge in [0, 0.05) is 37.9 Å². The van der Waals surface area contributed by atoms with Crippen molar-refractivity contribution in [1.29, 1.82) is 0 Å². The monoisotopic (exact) mass is 220 g/mol. The average molecular weight is 220 g/mol. The minimum atomic E-state index is 0.620. The van der Waals surface area contributed by atoms with Crippen molar-refractivity contribution in [2.24, 2.45) is 7.05 Å². The molecule has 0 saturated carbocycles. The Labute approximate surface area is 96.6 Å². The molecule has 2 fully saturated rings. The molecule has 1 aromatic rings. The van der Waals surface area contributed by atoms with Crippen LogP contribution < -0.4 is 5.32 Å². The summed E-state index contributed by atoms with van der Waals surface area (Å²) in [6, 6.07) is 3.50. The molecule has 2 saturated heterocycles. The minimum absolute atomic E-state index is 0.620. The molecule has 1 N–H and O–H groups in total. The minimum Gasteiger partial charge on any atom is -0.366 e. The van der Waals surface area contributed by atoms with Crippen LogP contribution in [-0.2, 0) is 7.05 Å². The summed E-state index contributed by atoms with van der Waals surface area (Å²) < 4.78 is 1.85. The fourth-order valence-electron chi connectivity index (χ4n) is 3.06. The van der Waals surface area contributed by atoms with Gasteiger partial charge in [-0.1, -0.05) is 0 Å². The first-order valence-electron chi connectivity index (χ1n) is 6.31. The lowest BCUT2D eigenvalue weighted by Gasteiger charge is -2.35. The predicted molar refractivity (Wildman–Crippen MR) is 64.4 cm³/mol. The van der Waals surface area contributed by atoms with E-state index < -0.39 is 0 Å². The van der Waals surface area contributed by atoms with Crippen LogP contribution in [0.1, 0.15) is 25.7 Å². The van der Waals surface area contributed by atoms with Crippen LogP contribution in [0.15, 0.2) is 12.3 Å². The molecule has 1 aromatic heterocycles. The van der Waals surface area contributed by atoms with Crippen LogP contribution in [0, 0.1) is 0 Å². The number of aryl methyl sites for hydroxylation is 1. The lowest BCUT2D eigenvalue weighted by molar-refractivity contribution is 0.188. The molecule has 3 heterocycles. The second-order valence-electron chi connectivity index (χ2n) is 5.07. The maximum Gasteiger partial charge on any atom is 0.148 e. The van der Waals surface area contributed by atoms with Crippen LogP contribution in [0.3, 0.4) is 0 Å². The van der Waals surface area contributed by atoms with Crippen molar-refractivity contribution in [1.82, 2.24) is 14.7 Å². The maximum atomic E-state index is 4.38. The zero-order chi connectivity index (χ0) is 11.0. The molecule has 0 spiro atoms. The summed E-state index contributed by atoms with van der Waals surface area (Å²) in [5.41, 5.74) is 0. The number of rotatable bonds is 2. The molecule has 16 heavy (non-hydrogen) atoms. The summed E-state index contributed by atoms with van der Waals surface area (Å²) in [5, 5.41) is 7.94. The van der Waals surface area contributed by atoms with Gasteiger partial charge in [-0.3, -0.25) is 4.68 Å². The number of nitrogens with one attached hydrogen (secondary N) is 1. The van der Waals surface area contributed by atoms with Crippen molar-refractivity contribution in [3.8, 4) is 0 Å². The van der Waals surface area contributed by atoms with E-state index in [0.29, 0.717) is 6.04 Å². The van der Waals surface area contributed by atoms with Gasteiger partial charge < -0.3 is 10.2 Å². The highest BCUT2D eigenvalue weighted by Crippen LogP contribution is 2.28. The van der Waals surface area contributed by atoms with E-state index in [9.17, 15) is 0 Å². The molecule has 3 rings (SSSR count). The molecule has 0 radical (unpaired) electrons. The number of hydrogen-bond donors (Lipinski definition) is 1. The Hall–Kier alpha value is -1.03. The normalized spacial score (nSPS) is 30.3. The fourth-order valence-corrected chi connectivity index (χ4v) is 3.06. The van der Waals surface area contributed by atoms with E-state index in [1.165, 1.54) is 38.8 Å². The van der Waals surface area contributed by atoms with Gasteiger partial charge in [0.25, 0.3) is 0 Å². The first-order valence-corrected chi connectivity index (χ1v) is 6.31. The summed E-state index contributed by atoms with van der Waals surface area (Å²) in [6.07, 6.45) is 7.32. The predicted octanol–water partition coefficient (Wildman–Crippen LogP) is 1.46. The second kappa shape index (κ2) is 4.09. The van der Waals surface area contributed by atoms with Gasteiger partial charge in [0.1, 0.15) is 5.82 Å². The average Bonchev–Trinajstić information content (AvgIpc) is 2.87. The van der Waals surface area contributed by atoms with Gasteiger partial charge in [-0.15, -0.1) is 0 Å². The summed E-state index contributed by atoms with van der Waals surface area (Å²) in [4.78, 5) is 2.65. The highest BCUT2D eigenvalue weighted by molar-refractivity contribution is 5.33. The van der Waals surface area contributed by atoms with Crippen molar-refractivity contribution in [3.05, 3.63) is 12.3 Å². The van der Waals surface area contributed by atoms with E-state index in [-0.39, 0.29) is 0 Å². The van der Waals surface area contributed by atoms with Crippen LogP contribution in [0.4, 0.5) is 5.82 Å². The Morgan fingerprint density at radius 2 is 2.31 bits per heavy atom. The molecule has 2 unspecified atom stereocenters. The van der Waals surface area contributed by atoms with Crippen LogP contribution >= 0.6 is 0 Å². The van der Waals surface area contributed by atoms with Gasteiger partial charge >= 0.3 is 0 Å². The fraction of sp³-hybridized carbons (Fsp3) is 0.750. The number of nitrogens with zero attached hydrogens (tertiary/aromatic N) is 3. The third kappa shape index (κ3) is 1.94. The lowest BCUT2D eigenvalue weighted by Crippen LogP contribution is -2.42. The Morgan fingerprint density at radius 3 is 3.12 bits per heavy atom. The summed E-state index contributed by atoms with van der Waals surface area (Å²) in [7, 11) is 1.96. The molecule has 4 nitrogen and oxygen atoms in total. The molecular formula is C12H20N4. The highest BCUT2D eigenvalue weighted by Gasteiger charge is 2.31. The van der Waals surface area contributed by atoms with Gasteiger partial charge in [-0.25, -0.2) is 0 Å². The van der Waals surface area contributed by atoms with E-state index in [1.807, 2.05) is 17.9 Å². The zero-order valence-corrected chi connectivity index (χ0v) is 9.89. The lowest BCUT2D eigenvalue weighted by atomic mass is 9.98. The quantitative estimate of drug-likeness (QED) is 0.819. The first-order chi connectivity index (χ1) is 7.81. The number of anilines is 1. The van der Waals surface area contributed by atoms with Crippen molar-refractivity contribution in [2.75, 3.05) is 18.4 Å². The van der Waals surface area contributed by atoms with Crippen LogP contribution in [0.2, 0.25) is 0 Å². The number of hydrogen-bond acceptors (Lipinski definition) is 3. The standard InChI is InChI=1S/C12H20N4/c1-15-7-5-12(14-15)13-10-4-8-16-6-2-3-11(16)9-10/h5,7,10-11H,2-4,6,8-9H2,1H3,(H,13,14). The Morgan fingerprint density at radius 1 is 1.38 bits per heavy atom. The molecule has 0 aliphatic carbocycles. The summed E-state index contributed by atoms with van der Waals surface area (Å²) in [6.45, 7) is 2.58. The van der Waals surface area contributed by atoms with Crippen LogP contribution in [-0.4, -0.2) is 39.9 Å². The Kier molecular flexibility index (Phi) is 2.59. The summed E-state index contributed by atoms with van der Waals surface area (Å²) >= 11 is 0. The molecule has 88 valence electrons. The molecule has 2 atom stereocenters. The van der Waals surface area contributed by atoms with Crippen molar-refractivity contribution < 1.29 is 0 Å². The molecule has 2 aliphatic heterocycles. The van der Waals surface area contributed by atoms with Crippen molar-refractivity contribution in [2.45, 2.75) is 37.8 Å². The molecule has 0 aromatic carbocycles. The van der Waals surface area contributed by atoms with E-state index in [4.69, 9.17) is 0 Å². The van der Waals surface area contributed by atoms with Gasteiger partial charge in [0.05, 0.1) is 0 Å². The number of aromatic nitrogens is 2. The molecular weight excluding hydrogens is 200 g/mol. The Balaban J connectivity index is 1.60. The van der Waals surface area contributed by atoms with E-state index >= 15 is 0 Å². The number of piperidine rings is 1. The third-order valence-corrected chi connectivity index (χ3v) is 3.89. The highest BCUT2D eigenvalue weighted by atomic mass is 15.3. The van der Waals surface area contributed by atoms with E-state index in [0.717, 1.165) is 11.9 Å². The smallest absolute Gasteiger partial charge is 0.148 e. The first kappa shape index (κ1) is 10.1.